The molecule has 248 valence electrons. The summed E-state index contributed by atoms with van der Waals surface area (Å²) in [6, 6.07) is 4.65. The van der Waals surface area contributed by atoms with E-state index in [0.717, 1.165) is 32.1 Å². The molecule has 6 rings (SSSR count). The zero-order valence-electron chi connectivity index (χ0n) is 27.9. The molecule has 46 heavy (non-hydrogen) atoms. The zero-order chi connectivity index (χ0) is 32.7. The number of hydrogen-bond donors (Lipinski definition) is 0. The quantitative estimate of drug-likeness (QED) is 0.389. The van der Waals surface area contributed by atoms with Crippen molar-refractivity contribution >= 4 is 35.0 Å². The second-order valence-corrected chi connectivity index (χ2v) is 14.7. The summed E-state index contributed by atoms with van der Waals surface area (Å²) >= 11 is 0. The number of hydrogen-bond acceptors (Lipinski definition) is 9. The van der Waals surface area contributed by atoms with Gasteiger partial charge in [0.25, 0.3) is 0 Å². The van der Waals surface area contributed by atoms with Gasteiger partial charge in [-0.1, -0.05) is 33.8 Å². The molecule has 0 spiro atoms. The molecule has 2 saturated carbocycles. The van der Waals surface area contributed by atoms with E-state index in [-0.39, 0.29) is 30.9 Å². The van der Waals surface area contributed by atoms with Crippen LogP contribution in [0.4, 0.5) is 0 Å². The van der Waals surface area contributed by atoms with Crippen LogP contribution in [0.3, 0.4) is 0 Å². The van der Waals surface area contributed by atoms with E-state index in [1.54, 1.807) is 12.0 Å². The van der Waals surface area contributed by atoms with Crippen LogP contribution in [0.5, 0.6) is 11.6 Å². The monoisotopic (exact) mass is 633 g/mol. The van der Waals surface area contributed by atoms with Gasteiger partial charge in [-0.15, -0.1) is 0 Å². The number of rotatable bonds is 2. The van der Waals surface area contributed by atoms with E-state index >= 15 is 0 Å². The first-order valence-corrected chi connectivity index (χ1v) is 16.7. The van der Waals surface area contributed by atoms with Gasteiger partial charge < -0.3 is 23.8 Å². The number of carbonyl (C=O) groups excluding carboxylic acids is 3. The van der Waals surface area contributed by atoms with Gasteiger partial charge in [-0.25, -0.2) is 14.8 Å². The van der Waals surface area contributed by atoms with Crippen molar-refractivity contribution in [2.24, 2.45) is 35.0 Å². The van der Waals surface area contributed by atoms with Crippen molar-refractivity contribution in [3.63, 3.8) is 0 Å². The lowest BCUT2D eigenvalue weighted by Gasteiger charge is -2.35. The van der Waals surface area contributed by atoms with Gasteiger partial charge in [0.2, 0.25) is 11.8 Å². The van der Waals surface area contributed by atoms with Gasteiger partial charge >= 0.3 is 11.9 Å². The fraction of sp³-hybridized carbons (Fsp3) is 0.639. The number of ether oxygens (including phenoxy) is 4. The van der Waals surface area contributed by atoms with Crippen LogP contribution in [0.1, 0.15) is 78.3 Å². The van der Waals surface area contributed by atoms with Crippen molar-refractivity contribution in [3.05, 3.63) is 30.0 Å². The molecule has 2 aromatic rings. The Kier molecular flexibility index (Phi) is 9.00. The Labute approximate surface area is 271 Å². The number of nitrogens with zero attached hydrogens (tertiary/aromatic N) is 3. The number of amides is 1. The maximum absolute atomic E-state index is 14.4. The van der Waals surface area contributed by atoms with Crippen molar-refractivity contribution < 1.29 is 33.3 Å². The zero-order valence-corrected chi connectivity index (χ0v) is 27.9. The average molecular weight is 634 g/mol. The lowest BCUT2D eigenvalue weighted by Crippen LogP contribution is -2.49. The van der Waals surface area contributed by atoms with Gasteiger partial charge in [-0.2, -0.15) is 0 Å². The predicted molar refractivity (Wildman–Crippen MR) is 172 cm³/mol. The molecule has 8 atom stereocenters. The highest BCUT2D eigenvalue weighted by atomic mass is 16.5. The summed E-state index contributed by atoms with van der Waals surface area (Å²) in [5.74, 6) is 0.0293. The van der Waals surface area contributed by atoms with Gasteiger partial charge in [0.1, 0.15) is 29.7 Å². The number of benzene rings is 1. The first kappa shape index (κ1) is 32.3. The average Bonchev–Trinajstić information content (AvgIpc) is 3.72. The second-order valence-electron chi connectivity index (χ2n) is 14.7. The van der Waals surface area contributed by atoms with E-state index in [1.807, 2.05) is 52.0 Å². The van der Waals surface area contributed by atoms with Crippen molar-refractivity contribution in [2.75, 3.05) is 20.8 Å². The molecule has 3 fully saturated rings. The van der Waals surface area contributed by atoms with E-state index < -0.39 is 35.4 Å². The molecule has 1 aromatic heterocycles. The first-order valence-electron chi connectivity index (χ1n) is 16.7. The van der Waals surface area contributed by atoms with Crippen LogP contribution in [-0.4, -0.2) is 71.7 Å². The molecule has 4 aliphatic rings. The summed E-state index contributed by atoms with van der Waals surface area (Å²) in [7, 11) is 2.92. The second kappa shape index (κ2) is 12.8. The molecule has 2 aliphatic carbocycles. The molecule has 4 bridgehead atoms. The fourth-order valence-corrected chi connectivity index (χ4v) is 8.23. The van der Waals surface area contributed by atoms with Crippen LogP contribution in [0, 0.1) is 35.0 Å². The van der Waals surface area contributed by atoms with Crippen LogP contribution >= 0.6 is 0 Å². The Morgan fingerprint density at radius 2 is 1.80 bits per heavy atom. The van der Waals surface area contributed by atoms with Crippen molar-refractivity contribution in [1.29, 1.82) is 0 Å². The molecule has 1 saturated heterocycles. The van der Waals surface area contributed by atoms with Crippen molar-refractivity contribution in [1.82, 2.24) is 14.9 Å². The van der Waals surface area contributed by atoms with E-state index in [2.05, 4.69) is 6.08 Å². The lowest BCUT2D eigenvalue weighted by atomic mass is 9.77. The summed E-state index contributed by atoms with van der Waals surface area (Å²) in [6.07, 6.45) is 9.49. The Bertz CT molecular complexity index is 1520. The van der Waals surface area contributed by atoms with Gasteiger partial charge in [0.05, 0.1) is 44.1 Å². The number of esters is 2. The van der Waals surface area contributed by atoms with E-state index in [4.69, 9.17) is 28.9 Å². The molecule has 2 aliphatic heterocycles. The highest BCUT2D eigenvalue weighted by Crippen LogP contribution is 2.52. The van der Waals surface area contributed by atoms with E-state index in [0.29, 0.717) is 46.1 Å². The number of allylic oxidation sites excluding steroid dienone is 1. The van der Waals surface area contributed by atoms with Crippen LogP contribution in [0.15, 0.2) is 24.3 Å². The normalized spacial score (nSPS) is 32.5. The third-order valence-corrected chi connectivity index (χ3v) is 10.8. The van der Waals surface area contributed by atoms with Crippen molar-refractivity contribution in [3.8, 4) is 11.6 Å². The van der Waals surface area contributed by atoms with Crippen molar-refractivity contribution in [2.45, 2.75) is 90.9 Å². The number of methoxy groups -OCH3 is 2. The maximum atomic E-state index is 14.4. The predicted octanol–water partition coefficient (Wildman–Crippen LogP) is 5.61. The van der Waals surface area contributed by atoms with E-state index in [9.17, 15) is 14.4 Å². The summed E-state index contributed by atoms with van der Waals surface area (Å²) < 4.78 is 23.4. The SMILES string of the molecule is COC(=O)[C@@H]1[C@H](C)[C@@H]2CN1C(=O)[C@H](C(C)(C)C)CC(=O)O[C@@H]1[C@H]3CC[C@H](C3)[C@H]1CCC/C=C/c1nc3ccc(OC)cc3nc1O2. The standard InChI is InChI=1S/C36H47N3O7/c1-20-29-19-39(31(20)35(42)44-6)34(41)25(36(2,3)4)18-30(40)46-32-22-13-12-21(16-22)24(32)10-8-7-9-11-27-33(45-29)38-28-17-23(43-5)14-15-26(28)37-27/h9,11,14-15,17,20-22,24-25,29,31-32H,7-8,10,12-13,16,18-19H2,1-6H3/b11-9+/t20-,21-,22+,24-,25-,29+,31+,32-/m1/s1. The van der Waals surface area contributed by atoms with Gasteiger partial charge in [-0.05, 0) is 79.9 Å². The molecule has 0 unspecified atom stereocenters. The Balaban J connectivity index is 1.40. The van der Waals surface area contributed by atoms with E-state index in [1.165, 1.54) is 13.5 Å². The molecular formula is C36H47N3O7. The molecule has 0 radical (unpaired) electrons. The molecule has 0 N–H and O–H groups in total. The van der Waals surface area contributed by atoms with Crippen LogP contribution in [0.2, 0.25) is 0 Å². The third kappa shape index (κ3) is 6.19. The minimum Gasteiger partial charge on any atom is -0.497 e. The first-order chi connectivity index (χ1) is 22.0. The number of aromatic nitrogens is 2. The van der Waals surface area contributed by atoms with Gasteiger partial charge in [0, 0.05) is 12.0 Å². The molecule has 10 nitrogen and oxygen atoms in total. The van der Waals surface area contributed by atoms with Gasteiger partial charge in [0.15, 0.2) is 0 Å². The molecule has 1 amide bonds. The maximum Gasteiger partial charge on any atom is 0.329 e. The number of carbonyl (C=O) groups is 3. The highest BCUT2D eigenvalue weighted by molar-refractivity contribution is 5.89. The summed E-state index contributed by atoms with van der Waals surface area (Å²) in [5.41, 5.74) is 1.35. The molecule has 1 aromatic carbocycles. The van der Waals surface area contributed by atoms with Crippen LogP contribution < -0.4 is 9.47 Å². The lowest BCUT2D eigenvalue weighted by molar-refractivity contribution is -0.162. The highest BCUT2D eigenvalue weighted by Gasteiger charge is 2.52. The largest absolute Gasteiger partial charge is 0.497 e. The van der Waals surface area contributed by atoms with Crippen LogP contribution in [0.25, 0.3) is 17.1 Å². The third-order valence-electron chi connectivity index (χ3n) is 10.8. The smallest absolute Gasteiger partial charge is 0.329 e. The Morgan fingerprint density at radius 3 is 2.54 bits per heavy atom. The minimum atomic E-state index is -0.882. The number of fused-ring (bicyclic) bond motifs is 9. The fourth-order valence-electron chi connectivity index (χ4n) is 8.23. The Hall–Kier alpha value is -3.69. The topological polar surface area (TPSA) is 117 Å². The summed E-state index contributed by atoms with van der Waals surface area (Å²) in [4.78, 5) is 52.5. The molecule has 10 heteroatoms. The molecular weight excluding hydrogens is 586 g/mol. The summed E-state index contributed by atoms with van der Waals surface area (Å²) in [6.45, 7) is 7.87. The summed E-state index contributed by atoms with van der Waals surface area (Å²) in [5, 5.41) is 0. The minimum absolute atomic E-state index is 0.0435. The van der Waals surface area contributed by atoms with Gasteiger partial charge in [-0.3, -0.25) is 9.59 Å². The van der Waals surface area contributed by atoms with Crippen LogP contribution in [-0.2, 0) is 23.9 Å². The molecule has 3 heterocycles. The Morgan fingerprint density at radius 1 is 1.02 bits per heavy atom.